The molecule has 1 aliphatic heterocycles. The summed E-state index contributed by atoms with van der Waals surface area (Å²) in [5.74, 6) is 0.762. The molecule has 0 radical (unpaired) electrons. The van der Waals surface area contributed by atoms with E-state index >= 15 is 0 Å². The number of aromatic nitrogens is 1. The Hall–Kier alpha value is -2.37. The van der Waals surface area contributed by atoms with Crippen molar-refractivity contribution in [2.24, 2.45) is 0 Å². The average Bonchev–Trinajstić information content (AvgIpc) is 2.73. The molecule has 0 saturated carbocycles. The molecule has 0 spiro atoms. The van der Waals surface area contributed by atoms with Crippen molar-refractivity contribution in [2.75, 3.05) is 18.5 Å². The average molecular weight is 378 g/mol. The topological polar surface area (TPSA) is 51.2 Å². The first-order chi connectivity index (χ1) is 13.3. The summed E-state index contributed by atoms with van der Waals surface area (Å²) in [7, 11) is 0. The van der Waals surface area contributed by atoms with Crippen LogP contribution in [-0.2, 0) is 10.5 Å². The Kier molecular flexibility index (Phi) is 5.70. The highest BCUT2D eigenvalue weighted by molar-refractivity contribution is 7.99. The van der Waals surface area contributed by atoms with Crippen LogP contribution in [0.15, 0.2) is 60.7 Å². The van der Waals surface area contributed by atoms with Gasteiger partial charge in [-0.25, -0.2) is 4.98 Å². The number of benzene rings is 2. The minimum Gasteiger partial charge on any atom is -0.381 e. The predicted molar refractivity (Wildman–Crippen MR) is 111 cm³/mol. The number of hydrogen-bond donors (Lipinski definition) is 1. The molecule has 5 heteroatoms. The summed E-state index contributed by atoms with van der Waals surface area (Å²) in [4.78, 5) is 17.0. The maximum Gasteiger partial charge on any atom is 0.274 e. The summed E-state index contributed by atoms with van der Waals surface area (Å²) in [5, 5.41) is 4.66. The highest BCUT2D eigenvalue weighted by Gasteiger charge is 2.14. The first-order valence-corrected chi connectivity index (χ1v) is 10.3. The number of amides is 1. The number of hydrogen-bond acceptors (Lipinski definition) is 4. The number of carbonyl (C=O) groups excluding carboxylic acids is 1. The Labute approximate surface area is 163 Å². The molecule has 1 N–H and O–H groups in total. The predicted octanol–water partition coefficient (Wildman–Crippen LogP) is 4.90. The zero-order valence-corrected chi connectivity index (χ0v) is 15.9. The Morgan fingerprint density at radius 1 is 1.07 bits per heavy atom. The summed E-state index contributed by atoms with van der Waals surface area (Å²) in [6.45, 7) is 1.74. The molecule has 4 rings (SSSR count). The number of anilines is 1. The van der Waals surface area contributed by atoms with Crippen LogP contribution in [0.1, 0.15) is 28.9 Å². The summed E-state index contributed by atoms with van der Waals surface area (Å²) in [5.41, 5.74) is 3.28. The van der Waals surface area contributed by atoms with E-state index in [1.165, 1.54) is 5.56 Å². The van der Waals surface area contributed by atoms with Gasteiger partial charge in [0.05, 0.1) is 5.52 Å². The lowest BCUT2D eigenvalue weighted by Crippen LogP contribution is -2.17. The number of thioether (sulfide) groups is 1. The van der Waals surface area contributed by atoms with Gasteiger partial charge in [0.2, 0.25) is 0 Å². The molecule has 0 atom stereocenters. The molecule has 1 aromatic heterocycles. The van der Waals surface area contributed by atoms with E-state index < -0.39 is 0 Å². The smallest absolute Gasteiger partial charge is 0.274 e. The van der Waals surface area contributed by atoms with Crippen LogP contribution >= 0.6 is 11.8 Å². The number of nitrogens with zero attached hydrogens (tertiary/aromatic N) is 1. The van der Waals surface area contributed by atoms with Gasteiger partial charge in [0, 0.05) is 35.3 Å². The first-order valence-electron chi connectivity index (χ1n) is 9.23. The summed E-state index contributed by atoms with van der Waals surface area (Å²) < 4.78 is 5.42. The fraction of sp³-hybridized carbons (Fsp3) is 0.273. The van der Waals surface area contributed by atoms with Crippen LogP contribution in [-0.4, -0.2) is 29.4 Å². The zero-order chi connectivity index (χ0) is 18.5. The van der Waals surface area contributed by atoms with Crippen molar-refractivity contribution in [2.45, 2.75) is 23.8 Å². The number of para-hydroxylation sites is 1. The largest absolute Gasteiger partial charge is 0.381 e. The van der Waals surface area contributed by atoms with Gasteiger partial charge in [-0.3, -0.25) is 4.79 Å². The lowest BCUT2D eigenvalue weighted by atomic mass is 10.2. The third-order valence-corrected chi connectivity index (χ3v) is 6.11. The minimum absolute atomic E-state index is 0.185. The number of nitrogens with one attached hydrogen (secondary N) is 1. The van der Waals surface area contributed by atoms with E-state index in [4.69, 9.17) is 4.74 Å². The van der Waals surface area contributed by atoms with Crippen molar-refractivity contribution < 1.29 is 9.53 Å². The summed E-state index contributed by atoms with van der Waals surface area (Å²) in [6.07, 6.45) is 2.24. The molecular formula is C22H22N2O2S. The van der Waals surface area contributed by atoms with Gasteiger partial charge in [-0.1, -0.05) is 36.4 Å². The van der Waals surface area contributed by atoms with Crippen molar-refractivity contribution in [1.29, 1.82) is 0 Å². The van der Waals surface area contributed by atoms with Crippen LogP contribution in [0.25, 0.3) is 10.9 Å². The Bertz CT molecular complexity index is 938. The van der Waals surface area contributed by atoms with E-state index in [9.17, 15) is 4.79 Å². The van der Waals surface area contributed by atoms with Crippen molar-refractivity contribution in [3.05, 3.63) is 71.9 Å². The van der Waals surface area contributed by atoms with Gasteiger partial charge < -0.3 is 10.1 Å². The van der Waals surface area contributed by atoms with Gasteiger partial charge in [0.25, 0.3) is 5.91 Å². The number of fused-ring (bicyclic) bond motifs is 1. The van der Waals surface area contributed by atoms with Crippen molar-refractivity contribution >= 4 is 34.3 Å². The van der Waals surface area contributed by atoms with Crippen LogP contribution in [0, 0.1) is 0 Å². The second-order valence-corrected chi connectivity index (χ2v) is 7.96. The van der Waals surface area contributed by atoms with E-state index in [1.54, 1.807) is 6.07 Å². The molecule has 1 aliphatic rings. The molecule has 0 unspecified atom stereocenters. The highest BCUT2D eigenvalue weighted by Crippen LogP contribution is 2.26. The molecule has 4 nitrogen and oxygen atoms in total. The van der Waals surface area contributed by atoms with E-state index in [1.807, 2.05) is 60.3 Å². The summed E-state index contributed by atoms with van der Waals surface area (Å²) in [6, 6.07) is 19.6. The standard InChI is InChI=1S/C22H22N2O2S/c25-22(21-9-8-17-5-1-2-7-20(17)24-21)23-18-6-3-4-16(14-18)15-27-19-10-12-26-13-11-19/h1-9,14,19H,10-13,15H2,(H,23,25). The van der Waals surface area contributed by atoms with E-state index in [0.29, 0.717) is 10.9 Å². The minimum atomic E-state index is -0.185. The fourth-order valence-corrected chi connectivity index (χ4v) is 4.32. The second kappa shape index (κ2) is 8.55. The highest BCUT2D eigenvalue weighted by atomic mass is 32.2. The SMILES string of the molecule is O=C(Nc1cccc(CSC2CCOCC2)c1)c1ccc2ccccc2n1. The molecule has 3 aromatic rings. The molecule has 1 saturated heterocycles. The molecule has 1 amide bonds. The van der Waals surface area contributed by atoms with Crippen LogP contribution in [0.4, 0.5) is 5.69 Å². The van der Waals surface area contributed by atoms with Crippen LogP contribution in [0.3, 0.4) is 0 Å². The Morgan fingerprint density at radius 2 is 1.93 bits per heavy atom. The van der Waals surface area contributed by atoms with Gasteiger partial charge in [0.1, 0.15) is 5.69 Å². The van der Waals surface area contributed by atoms with Gasteiger partial charge in [-0.15, -0.1) is 0 Å². The molecular weight excluding hydrogens is 356 g/mol. The fourth-order valence-electron chi connectivity index (χ4n) is 3.18. The van der Waals surface area contributed by atoms with E-state index in [0.717, 1.165) is 48.4 Å². The third kappa shape index (κ3) is 4.67. The van der Waals surface area contributed by atoms with E-state index in [-0.39, 0.29) is 5.91 Å². The van der Waals surface area contributed by atoms with Crippen LogP contribution in [0.2, 0.25) is 0 Å². The number of ether oxygens (including phenoxy) is 1. The first kappa shape index (κ1) is 18.0. The van der Waals surface area contributed by atoms with Gasteiger partial charge in [-0.05, 0) is 42.7 Å². The van der Waals surface area contributed by atoms with Gasteiger partial charge in [0.15, 0.2) is 0 Å². The zero-order valence-electron chi connectivity index (χ0n) is 15.1. The van der Waals surface area contributed by atoms with Gasteiger partial charge >= 0.3 is 0 Å². The molecule has 1 fully saturated rings. The molecule has 138 valence electrons. The van der Waals surface area contributed by atoms with Crippen LogP contribution in [0.5, 0.6) is 0 Å². The van der Waals surface area contributed by atoms with Crippen molar-refractivity contribution in [3.63, 3.8) is 0 Å². The lowest BCUT2D eigenvalue weighted by molar-refractivity contribution is 0.0999. The molecule has 0 bridgehead atoms. The monoisotopic (exact) mass is 378 g/mol. The number of carbonyl (C=O) groups is 1. The Morgan fingerprint density at radius 3 is 2.81 bits per heavy atom. The van der Waals surface area contributed by atoms with Gasteiger partial charge in [-0.2, -0.15) is 11.8 Å². The molecule has 2 aromatic carbocycles. The van der Waals surface area contributed by atoms with Crippen molar-refractivity contribution in [3.8, 4) is 0 Å². The maximum absolute atomic E-state index is 12.6. The molecule has 0 aliphatic carbocycles. The summed E-state index contributed by atoms with van der Waals surface area (Å²) >= 11 is 1.97. The lowest BCUT2D eigenvalue weighted by Gasteiger charge is -2.21. The van der Waals surface area contributed by atoms with E-state index in [2.05, 4.69) is 16.4 Å². The number of rotatable bonds is 5. The Balaban J connectivity index is 1.41. The molecule has 27 heavy (non-hydrogen) atoms. The third-order valence-electron chi connectivity index (χ3n) is 4.67. The second-order valence-electron chi connectivity index (χ2n) is 6.67. The maximum atomic E-state index is 12.6. The van der Waals surface area contributed by atoms with Crippen molar-refractivity contribution in [1.82, 2.24) is 4.98 Å². The van der Waals surface area contributed by atoms with Crippen LogP contribution < -0.4 is 5.32 Å². The quantitative estimate of drug-likeness (QED) is 0.686. The normalized spacial score (nSPS) is 15.0. The number of pyridine rings is 1. The molecule has 2 heterocycles.